The average molecular weight is 439 g/mol. The Kier molecular flexibility index (Phi) is 5.79. The summed E-state index contributed by atoms with van der Waals surface area (Å²) in [6.45, 7) is 2.58. The molecular weight excluding hydrogens is 427 g/mol. The van der Waals surface area contributed by atoms with E-state index in [1.165, 1.54) is 0 Å². The van der Waals surface area contributed by atoms with Crippen molar-refractivity contribution in [2.45, 2.75) is 12.3 Å². The van der Waals surface area contributed by atoms with Crippen LogP contribution in [0.3, 0.4) is 0 Å². The Morgan fingerprint density at radius 3 is 2.50 bits per heavy atom. The summed E-state index contributed by atoms with van der Waals surface area (Å²) in [4.78, 5) is 0. The molecular formula is C15H12Br2Cl2O. The van der Waals surface area contributed by atoms with Crippen molar-refractivity contribution in [2.24, 2.45) is 0 Å². The smallest absolute Gasteiger partial charge is 0.120 e. The van der Waals surface area contributed by atoms with Crippen molar-refractivity contribution >= 4 is 55.1 Å². The van der Waals surface area contributed by atoms with Crippen molar-refractivity contribution in [3.8, 4) is 5.75 Å². The minimum Gasteiger partial charge on any atom is -0.494 e. The van der Waals surface area contributed by atoms with E-state index in [-0.39, 0.29) is 5.38 Å². The van der Waals surface area contributed by atoms with Crippen LogP contribution in [0.15, 0.2) is 45.3 Å². The van der Waals surface area contributed by atoms with Crippen molar-refractivity contribution in [1.82, 2.24) is 0 Å². The third-order valence-corrected chi connectivity index (χ3v) is 5.28. The Morgan fingerprint density at radius 2 is 1.85 bits per heavy atom. The topological polar surface area (TPSA) is 9.23 Å². The lowest BCUT2D eigenvalue weighted by Gasteiger charge is -2.15. The highest BCUT2D eigenvalue weighted by molar-refractivity contribution is 9.10. The predicted octanol–water partition coefficient (Wildman–Crippen LogP) is 6.59. The Hall–Kier alpha value is -0.220. The molecule has 0 aliphatic rings. The van der Waals surface area contributed by atoms with Gasteiger partial charge in [-0.05, 0) is 52.2 Å². The van der Waals surface area contributed by atoms with E-state index >= 15 is 0 Å². The van der Waals surface area contributed by atoms with Crippen LogP contribution < -0.4 is 4.74 Å². The number of benzene rings is 2. The molecule has 0 bridgehead atoms. The molecule has 2 aromatic carbocycles. The lowest BCUT2D eigenvalue weighted by atomic mass is 10.0. The van der Waals surface area contributed by atoms with Gasteiger partial charge >= 0.3 is 0 Å². The van der Waals surface area contributed by atoms with Crippen LogP contribution in [-0.2, 0) is 0 Å². The van der Waals surface area contributed by atoms with Crippen LogP contribution in [-0.4, -0.2) is 6.61 Å². The summed E-state index contributed by atoms with van der Waals surface area (Å²) >= 11 is 19.8. The molecule has 0 aromatic heterocycles. The summed E-state index contributed by atoms with van der Waals surface area (Å²) in [6, 6.07) is 11.5. The summed E-state index contributed by atoms with van der Waals surface area (Å²) in [6.07, 6.45) is 0. The van der Waals surface area contributed by atoms with E-state index in [0.29, 0.717) is 11.6 Å². The van der Waals surface area contributed by atoms with Gasteiger partial charge in [-0.1, -0.05) is 45.7 Å². The normalized spacial score (nSPS) is 12.2. The molecule has 0 radical (unpaired) electrons. The van der Waals surface area contributed by atoms with Gasteiger partial charge < -0.3 is 4.74 Å². The van der Waals surface area contributed by atoms with E-state index in [0.717, 1.165) is 25.8 Å². The number of hydrogen-bond acceptors (Lipinski definition) is 1. The molecule has 0 N–H and O–H groups in total. The summed E-state index contributed by atoms with van der Waals surface area (Å²) in [5, 5.41) is 0.304. The van der Waals surface area contributed by atoms with Crippen LogP contribution in [0.2, 0.25) is 5.02 Å². The van der Waals surface area contributed by atoms with Crippen molar-refractivity contribution < 1.29 is 4.74 Å². The zero-order chi connectivity index (χ0) is 14.7. The first-order chi connectivity index (χ1) is 9.54. The average Bonchev–Trinajstić information content (AvgIpc) is 2.42. The molecule has 2 aromatic rings. The van der Waals surface area contributed by atoms with Gasteiger partial charge in [-0.15, -0.1) is 11.6 Å². The Balaban J connectivity index is 2.38. The molecule has 106 valence electrons. The van der Waals surface area contributed by atoms with E-state index in [2.05, 4.69) is 31.9 Å². The lowest BCUT2D eigenvalue weighted by molar-refractivity contribution is 0.340. The van der Waals surface area contributed by atoms with E-state index in [1.54, 1.807) is 0 Å². The van der Waals surface area contributed by atoms with Crippen LogP contribution in [0.5, 0.6) is 5.75 Å². The van der Waals surface area contributed by atoms with Gasteiger partial charge in [0.2, 0.25) is 0 Å². The van der Waals surface area contributed by atoms with E-state index in [9.17, 15) is 0 Å². The number of rotatable bonds is 4. The summed E-state index contributed by atoms with van der Waals surface area (Å²) < 4.78 is 7.20. The van der Waals surface area contributed by atoms with Crippen molar-refractivity contribution in [1.29, 1.82) is 0 Å². The first-order valence-corrected chi connectivity index (χ1v) is 8.44. The van der Waals surface area contributed by atoms with E-state index in [1.807, 2.05) is 43.3 Å². The van der Waals surface area contributed by atoms with Crippen molar-refractivity contribution in [2.75, 3.05) is 6.61 Å². The molecule has 0 saturated carbocycles. The Morgan fingerprint density at radius 1 is 1.10 bits per heavy atom. The van der Waals surface area contributed by atoms with E-state index in [4.69, 9.17) is 27.9 Å². The SMILES string of the molecule is CCOc1ccc(C(Cl)c2cccc(Br)c2Cl)c(Br)c1. The maximum absolute atomic E-state index is 6.57. The monoisotopic (exact) mass is 436 g/mol. The summed E-state index contributed by atoms with van der Waals surface area (Å²) in [5.41, 5.74) is 1.82. The second-order valence-corrected chi connectivity index (χ2v) is 6.65. The molecule has 1 nitrogen and oxygen atoms in total. The maximum Gasteiger partial charge on any atom is 0.120 e. The summed E-state index contributed by atoms with van der Waals surface area (Å²) in [5.74, 6) is 0.812. The fourth-order valence-electron chi connectivity index (χ4n) is 1.85. The summed E-state index contributed by atoms with van der Waals surface area (Å²) in [7, 11) is 0. The van der Waals surface area contributed by atoms with Crippen LogP contribution in [0.1, 0.15) is 23.4 Å². The fraction of sp³-hybridized carbons (Fsp3) is 0.200. The van der Waals surface area contributed by atoms with Crippen molar-refractivity contribution in [3.63, 3.8) is 0 Å². The van der Waals surface area contributed by atoms with Crippen LogP contribution in [0.25, 0.3) is 0 Å². The third-order valence-electron chi connectivity index (χ3n) is 2.81. The molecule has 0 amide bonds. The van der Waals surface area contributed by atoms with Gasteiger partial charge in [-0.25, -0.2) is 0 Å². The molecule has 0 heterocycles. The molecule has 0 aliphatic heterocycles. The van der Waals surface area contributed by atoms with Gasteiger partial charge in [0, 0.05) is 8.95 Å². The first kappa shape index (κ1) is 16.2. The number of hydrogen-bond donors (Lipinski definition) is 0. The number of ether oxygens (including phenoxy) is 1. The van der Waals surface area contributed by atoms with Gasteiger partial charge in [0.15, 0.2) is 0 Å². The molecule has 2 rings (SSSR count). The van der Waals surface area contributed by atoms with Gasteiger partial charge in [0.25, 0.3) is 0 Å². The molecule has 1 atom stereocenters. The zero-order valence-corrected chi connectivity index (χ0v) is 15.4. The standard InChI is InChI=1S/C15H12Br2Cl2O/c1-2-20-9-6-7-10(13(17)8-9)14(18)11-4-3-5-12(16)15(11)19/h3-8,14H,2H2,1H3. The molecule has 5 heteroatoms. The highest BCUT2D eigenvalue weighted by Crippen LogP contribution is 2.40. The molecule has 0 spiro atoms. The molecule has 20 heavy (non-hydrogen) atoms. The minimum absolute atomic E-state index is 0.329. The fourth-order valence-corrected chi connectivity index (χ4v) is 3.62. The predicted molar refractivity (Wildman–Crippen MR) is 92.2 cm³/mol. The third kappa shape index (κ3) is 3.51. The van der Waals surface area contributed by atoms with Gasteiger partial charge in [-0.3, -0.25) is 0 Å². The van der Waals surface area contributed by atoms with E-state index < -0.39 is 0 Å². The zero-order valence-electron chi connectivity index (χ0n) is 10.7. The minimum atomic E-state index is -0.329. The molecule has 1 unspecified atom stereocenters. The highest BCUT2D eigenvalue weighted by Gasteiger charge is 2.18. The van der Waals surface area contributed by atoms with Crippen LogP contribution in [0, 0.1) is 0 Å². The Bertz CT molecular complexity index is 617. The first-order valence-electron chi connectivity index (χ1n) is 6.04. The highest BCUT2D eigenvalue weighted by atomic mass is 79.9. The largest absolute Gasteiger partial charge is 0.494 e. The molecule has 0 saturated heterocycles. The second kappa shape index (κ2) is 7.17. The van der Waals surface area contributed by atoms with Crippen molar-refractivity contribution in [3.05, 3.63) is 61.5 Å². The van der Waals surface area contributed by atoms with Crippen LogP contribution >= 0.6 is 55.1 Å². The number of alkyl halides is 1. The molecule has 0 fully saturated rings. The van der Waals surface area contributed by atoms with Gasteiger partial charge in [0.1, 0.15) is 5.75 Å². The molecule has 0 aliphatic carbocycles. The Labute approximate surface area is 145 Å². The van der Waals surface area contributed by atoms with Crippen LogP contribution in [0.4, 0.5) is 0 Å². The maximum atomic E-state index is 6.57. The van der Waals surface area contributed by atoms with Gasteiger partial charge in [-0.2, -0.15) is 0 Å². The van der Waals surface area contributed by atoms with Gasteiger partial charge in [0.05, 0.1) is 17.0 Å². The number of halogens is 4. The lowest BCUT2D eigenvalue weighted by Crippen LogP contribution is -1.98. The quantitative estimate of drug-likeness (QED) is 0.489. The second-order valence-electron chi connectivity index (χ2n) is 4.12.